The minimum absolute atomic E-state index is 0.0133. The van der Waals surface area contributed by atoms with Gasteiger partial charge in [-0.25, -0.2) is 14.6 Å². The Morgan fingerprint density at radius 1 is 0.746 bits per heavy atom. The number of carbonyl (C=O) groups is 4. The fourth-order valence-corrected chi connectivity index (χ4v) is 9.39. The van der Waals surface area contributed by atoms with Gasteiger partial charge in [0.25, 0.3) is 5.91 Å². The number of amides is 4. The molecule has 0 saturated carbocycles. The van der Waals surface area contributed by atoms with E-state index >= 15 is 0 Å². The topological polar surface area (TPSA) is 170 Å². The molecule has 14 heteroatoms. The number of hydrogen-bond donors (Lipinski definition) is 5. The second-order valence-electron chi connectivity index (χ2n) is 16.5. The Balaban J connectivity index is 0.916. The Morgan fingerprint density at radius 3 is 2.10 bits per heavy atom. The van der Waals surface area contributed by atoms with Crippen LogP contribution in [-0.4, -0.2) is 89.3 Å². The van der Waals surface area contributed by atoms with Crippen molar-refractivity contribution in [1.82, 2.24) is 41.0 Å². The van der Waals surface area contributed by atoms with Gasteiger partial charge in [-0.2, -0.15) is 0 Å². The number of benzene rings is 4. The summed E-state index contributed by atoms with van der Waals surface area (Å²) in [5.41, 5.74) is 6.71. The number of imidazole rings is 1. The van der Waals surface area contributed by atoms with E-state index < -0.39 is 24.3 Å². The maximum Gasteiger partial charge on any atom is 0.407 e. The Bertz CT molecular complexity index is 2470. The highest BCUT2D eigenvalue weighted by Crippen LogP contribution is 2.35. The van der Waals surface area contributed by atoms with E-state index in [1.54, 1.807) is 4.90 Å². The molecule has 3 aliphatic rings. The highest BCUT2D eigenvalue weighted by molar-refractivity contribution is 5.91. The summed E-state index contributed by atoms with van der Waals surface area (Å²) in [6.45, 7) is 5.28. The number of aromatic amines is 1. The molecule has 0 aliphatic carbocycles. The third-order valence-electron chi connectivity index (χ3n) is 12.9. The molecule has 0 radical (unpaired) electrons. The van der Waals surface area contributed by atoms with E-state index in [4.69, 9.17) is 14.5 Å². The lowest BCUT2D eigenvalue weighted by Crippen LogP contribution is -2.58. The Kier molecular flexibility index (Phi) is 13.0. The standard InChI is InChI=1S/C49H56N8O6/c1-5-30(6-2)42(54-48(60)62-3)46(58)56-24-10-15-41(56)45-51-29-39(53-45)37-23-22-35-26-34(20-21-36(35)27-37)31-16-18-32(19-17-31)38-28-50-44(52-38)40-14-11-25-57(40)47(59)43(55-49(61)63-4)33-12-8-7-9-13-33/h7-9,12-13,16-23,26-30,40-43,45,51,53H,5-6,10-11,14-15,24-25H2,1-4H3,(H,50,52)(H,54,60)(H,55,61)/t40-,41-,42-,43+,45?/m0/s1. The molecule has 2 fully saturated rings. The van der Waals surface area contributed by atoms with Crippen LogP contribution in [0.15, 0.2) is 103 Å². The fourth-order valence-electron chi connectivity index (χ4n) is 9.39. The van der Waals surface area contributed by atoms with E-state index in [-0.39, 0.29) is 36.0 Å². The molecule has 4 heterocycles. The molecule has 14 nitrogen and oxygen atoms in total. The molecule has 1 aromatic heterocycles. The van der Waals surface area contributed by atoms with E-state index in [2.05, 4.69) is 86.9 Å². The molecule has 5 N–H and O–H groups in total. The molecular weight excluding hydrogens is 797 g/mol. The number of alkyl carbamates (subject to hydrolysis) is 2. The van der Waals surface area contributed by atoms with Crippen LogP contribution in [0.5, 0.6) is 0 Å². The molecule has 3 aliphatic heterocycles. The maximum atomic E-state index is 13.9. The van der Waals surface area contributed by atoms with Gasteiger partial charge >= 0.3 is 12.2 Å². The van der Waals surface area contributed by atoms with Gasteiger partial charge in [0.2, 0.25) is 5.91 Å². The number of nitrogens with zero attached hydrogens (tertiary/aromatic N) is 3. The van der Waals surface area contributed by atoms with Crippen molar-refractivity contribution in [3.8, 4) is 22.4 Å². The third-order valence-corrected chi connectivity index (χ3v) is 12.9. The van der Waals surface area contributed by atoms with Crippen molar-refractivity contribution in [3.63, 3.8) is 0 Å². The predicted octanol–water partition coefficient (Wildman–Crippen LogP) is 7.63. The van der Waals surface area contributed by atoms with Crippen molar-refractivity contribution >= 4 is 40.5 Å². The molecule has 5 atom stereocenters. The molecule has 63 heavy (non-hydrogen) atoms. The van der Waals surface area contributed by atoms with Gasteiger partial charge in [0, 0.05) is 19.3 Å². The smallest absolute Gasteiger partial charge is 0.407 e. The molecule has 2 saturated heterocycles. The Labute approximate surface area is 367 Å². The minimum atomic E-state index is -0.878. The van der Waals surface area contributed by atoms with E-state index in [9.17, 15) is 19.2 Å². The van der Waals surface area contributed by atoms with Crippen LogP contribution in [0.1, 0.15) is 81.4 Å². The van der Waals surface area contributed by atoms with Gasteiger partial charge < -0.3 is 45.5 Å². The summed E-state index contributed by atoms with van der Waals surface area (Å²) in [6.07, 6.45) is 7.26. The van der Waals surface area contributed by atoms with E-state index in [1.165, 1.54) is 14.2 Å². The molecule has 0 bridgehead atoms. The zero-order valence-electron chi connectivity index (χ0n) is 36.2. The molecular formula is C49H56N8O6. The second kappa shape index (κ2) is 19.1. The average molecular weight is 853 g/mol. The van der Waals surface area contributed by atoms with Gasteiger partial charge in [0.1, 0.15) is 24.1 Å². The Morgan fingerprint density at radius 2 is 1.38 bits per heavy atom. The summed E-state index contributed by atoms with van der Waals surface area (Å²) >= 11 is 0. The van der Waals surface area contributed by atoms with Crippen LogP contribution in [0.4, 0.5) is 9.59 Å². The molecule has 8 rings (SSSR count). The monoisotopic (exact) mass is 852 g/mol. The van der Waals surface area contributed by atoms with Crippen molar-refractivity contribution in [3.05, 3.63) is 120 Å². The van der Waals surface area contributed by atoms with Crippen LogP contribution >= 0.6 is 0 Å². The number of methoxy groups -OCH3 is 2. The van der Waals surface area contributed by atoms with Crippen LogP contribution in [0.3, 0.4) is 0 Å². The first kappa shape index (κ1) is 42.8. The number of rotatable bonds is 13. The van der Waals surface area contributed by atoms with Crippen molar-refractivity contribution < 1.29 is 28.7 Å². The molecule has 4 aromatic carbocycles. The third kappa shape index (κ3) is 9.06. The van der Waals surface area contributed by atoms with Crippen molar-refractivity contribution in [2.75, 3.05) is 27.3 Å². The van der Waals surface area contributed by atoms with E-state index in [0.717, 1.165) is 82.9 Å². The molecule has 0 spiro atoms. The number of hydrogen-bond acceptors (Lipinski definition) is 9. The summed E-state index contributed by atoms with van der Waals surface area (Å²) in [6, 6.07) is 28.6. The van der Waals surface area contributed by atoms with Gasteiger partial charge in [0.15, 0.2) is 0 Å². The fraction of sp³-hybridized carbons (Fsp3) is 0.367. The number of fused-ring (bicyclic) bond motifs is 1. The van der Waals surface area contributed by atoms with E-state index in [1.807, 2.05) is 61.5 Å². The first-order valence-corrected chi connectivity index (χ1v) is 22.0. The molecule has 328 valence electrons. The minimum Gasteiger partial charge on any atom is -0.453 e. The number of aromatic nitrogens is 2. The molecule has 1 unspecified atom stereocenters. The number of carbonyl (C=O) groups excluding carboxylic acids is 4. The summed E-state index contributed by atoms with van der Waals surface area (Å²) < 4.78 is 9.71. The second-order valence-corrected chi connectivity index (χ2v) is 16.5. The van der Waals surface area contributed by atoms with E-state index in [0.29, 0.717) is 24.5 Å². The SMILES string of the molecule is CCC(CC)[C@H](NC(=O)OC)C(=O)N1CCC[C@H]1C1NC=C(c2ccc3cc(-c4ccc(-c5cnc([C@@H]6CCCN6C(=O)[C@H](NC(=O)OC)c6ccccc6)[nH]5)cc4)ccc3c2)N1. The van der Waals surface area contributed by atoms with Crippen molar-refractivity contribution in [1.29, 1.82) is 0 Å². The summed E-state index contributed by atoms with van der Waals surface area (Å²) in [5, 5.41) is 14.9. The number of H-pyrrole nitrogens is 1. The zero-order chi connectivity index (χ0) is 44.0. The summed E-state index contributed by atoms with van der Waals surface area (Å²) in [4.78, 5) is 64.3. The largest absolute Gasteiger partial charge is 0.453 e. The first-order chi connectivity index (χ1) is 30.7. The summed E-state index contributed by atoms with van der Waals surface area (Å²) in [5.74, 6) is 0.451. The lowest BCUT2D eigenvalue weighted by Gasteiger charge is -2.35. The van der Waals surface area contributed by atoms with Crippen LogP contribution in [0.2, 0.25) is 0 Å². The van der Waals surface area contributed by atoms with Gasteiger partial charge in [0.05, 0.1) is 43.9 Å². The van der Waals surface area contributed by atoms with Crippen molar-refractivity contribution in [2.45, 2.75) is 82.7 Å². The zero-order valence-corrected chi connectivity index (χ0v) is 36.2. The predicted molar refractivity (Wildman–Crippen MR) is 242 cm³/mol. The van der Waals surface area contributed by atoms with Crippen molar-refractivity contribution in [2.24, 2.45) is 5.92 Å². The van der Waals surface area contributed by atoms with Crippen LogP contribution in [0.25, 0.3) is 38.9 Å². The number of nitrogens with one attached hydrogen (secondary N) is 5. The number of ether oxygens (including phenoxy) is 2. The maximum absolute atomic E-state index is 13.9. The lowest BCUT2D eigenvalue weighted by atomic mass is 9.92. The molecule has 4 amide bonds. The normalized spacial score (nSPS) is 19.3. The van der Waals surface area contributed by atoms with Crippen LogP contribution in [-0.2, 0) is 19.1 Å². The highest BCUT2D eigenvalue weighted by atomic mass is 16.5. The van der Waals surface area contributed by atoms with Gasteiger partial charge in [-0.3, -0.25) is 9.59 Å². The average Bonchev–Trinajstić information content (AvgIpc) is 4.18. The van der Waals surface area contributed by atoms with Gasteiger partial charge in [-0.05, 0) is 82.3 Å². The van der Waals surface area contributed by atoms with Gasteiger partial charge in [-0.1, -0.05) is 106 Å². The lowest BCUT2D eigenvalue weighted by molar-refractivity contribution is -0.136. The highest BCUT2D eigenvalue weighted by Gasteiger charge is 2.41. The van der Waals surface area contributed by atoms with Crippen LogP contribution < -0.4 is 21.3 Å². The number of likely N-dealkylation sites (tertiary alicyclic amines) is 2. The van der Waals surface area contributed by atoms with Gasteiger partial charge in [-0.15, -0.1) is 0 Å². The Hall–Kier alpha value is -6.83. The first-order valence-electron chi connectivity index (χ1n) is 22.0. The summed E-state index contributed by atoms with van der Waals surface area (Å²) in [7, 11) is 2.61. The quantitative estimate of drug-likeness (QED) is 0.0800. The molecule has 5 aromatic rings. The van der Waals surface area contributed by atoms with Crippen LogP contribution in [0, 0.1) is 5.92 Å².